The predicted octanol–water partition coefficient (Wildman–Crippen LogP) is 5.88. The number of amides is 2. The van der Waals surface area contributed by atoms with Crippen LogP contribution in [-0.2, 0) is 32.6 Å². The Bertz CT molecular complexity index is 1610. The summed E-state index contributed by atoms with van der Waals surface area (Å²) >= 11 is 13.0. The molecule has 0 unspecified atom stereocenters. The highest BCUT2D eigenvalue weighted by Crippen LogP contribution is 2.29. The van der Waals surface area contributed by atoms with Crippen molar-refractivity contribution in [3.8, 4) is 0 Å². The van der Waals surface area contributed by atoms with Gasteiger partial charge in [-0.1, -0.05) is 95.5 Å². The third-order valence-corrected chi connectivity index (χ3v) is 9.34. The monoisotopic (exact) mass is 623 g/mol. The molecule has 0 aromatic heterocycles. The van der Waals surface area contributed by atoms with Gasteiger partial charge in [0.2, 0.25) is 11.8 Å². The van der Waals surface area contributed by atoms with Gasteiger partial charge in [0, 0.05) is 35.6 Å². The first kappa shape index (κ1) is 31.1. The number of anilines is 1. The van der Waals surface area contributed by atoms with Crippen molar-refractivity contribution in [2.45, 2.75) is 30.8 Å². The number of hydrogen-bond acceptors (Lipinski definition) is 4. The number of sulfonamides is 1. The van der Waals surface area contributed by atoms with Gasteiger partial charge in [-0.25, -0.2) is 8.42 Å². The molecule has 0 aliphatic heterocycles. The Hall–Kier alpha value is -3.85. The Balaban J connectivity index is 1.81. The number of benzene rings is 4. The van der Waals surface area contributed by atoms with Crippen LogP contribution in [0.5, 0.6) is 0 Å². The van der Waals surface area contributed by atoms with Crippen LogP contribution in [0.4, 0.5) is 5.69 Å². The van der Waals surface area contributed by atoms with E-state index < -0.39 is 34.4 Å². The number of carbonyl (C=O) groups is 2. The van der Waals surface area contributed by atoms with E-state index in [1.54, 1.807) is 60.7 Å². The van der Waals surface area contributed by atoms with Crippen LogP contribution < -0.4 is 9.62 Å². The molecule has 4 rings (SSSR count). The molecule has 4 aromatic rings. The van der Waals surface area contributed by atoms with E-state index in [1.807, 2.05) is 37.3 Å². The van der Waals surface area contributed by atoms with Gasteiger partial charge in [0.15, 0.2) is 0 Å². The Morgan fingerprint density at radius 3 is 1.95 bits per heavy atom. The molecule has 42 heavy (non-hydrogen) atoms. The first-order valence-electron chi connectivity index (χ1n) is 13.2. The number of halogens is 2. The molecular formula is C32H31Cl2N3O4S. The molecule has 7 nitrogen and oxygen atoms in total. The van der Waals surface area contributed by atoms with Crippen molar-refractivity contribution < 1.29 is 18.0 Å². The fraction of sp³-hybridized carbons (Fsp3) is 0.188. The number of carbonyl (C=O) groups excluding carboxylic acids is 2. The number of rotatable bonds is 11. The topological polar surface area (TPSA) is 86.8 Å². The lowest BCUT2D eigenvalue weighted by atomic mass is 10.0. The first-order chi connectivity index (χ1) is 20.1. The minimum atomic E-state index is -4.16. The molecule has 0 spiro atoms. The molecule has 0 bridgehead atoms. The molecule has 0 aliphatic carbocycles. The van der Waals surface area contributed by atoms with Crippen LogP contribution in [-0.4, -0.2) is 44.8 Å². The van der Waals surface area contributed by atoms with Gasteiger partial charge in [-0.2, -0.15) is 0 Å². The number of nitrogens with one attached hydrogen (secondary N) is 1. The van der Waals surface area contributed by atoms with Gasteiger partial charge in [-0.05, 0) is 48.9 Å². The largest absolute Gasteiger partial charge is 0.357 e. The Labute approximate surface area is 256 Å². The normalized spacial score (nSPS) is 11.9. The van der Waals surface area contributed by atoms with Crippen LogP contribution >= 0.6 is 23.2 Å². The molecule has 0 heterocycles. The van der Waals surface area contributed by atoms with E-state index in [0.717, 1.165) is 15.4 Å². The SMILES string of the molecule is CNC(=O)[C@@H](Cc1ccccc1)N(Cc1c(Cl)cccc1Cl)C(=O)CN(c1ccc(C)cc1)S(=O)(=O)c1ccccc1. The molecule has 0 aliphatic rings. The quantitative estimate of drug-likeness (QED) is 0.226. The third-order valence-electron chi connectivity index (χ3n) is 6.84. The molecule has 2 amide bonds. The van der Waals surface area contributed by atoms with Gasteiger partial charge in [-0.3, -0.25) is 13.9 Å². The van der Waals surface area contributed by atoms with Crippen LogP contribution in [0.2, 0.25) is 10.0 Å². The molecule has 0 fully saturated rings. The molecule has 0 saturated carbocycles. The van der Waals surface area contributed by atoms with Gasteiger partial charge in [0.05, 0.1) is 10.6 Å². The molecule has 218 valence electrons. The van der Waals surface area contributed by atoms with Crippen molar-refractivity contribution in [1.82, 2.24) is 10.2 Å². The average Bonchev–Trinajstić information content (AvgIpc) is 3.00. The maximum Gasteiger partial charge on any atom is 0.264 e. The van der Waals surface area contributed by atoms with Gasteiger partial charge >= 0.3 is 0 Å². The van der Waals surface area contributed by atoms with E-state index in [0.29, 0.717) is 21.3 Å². The summed E-state index contributed by atoms with van der Waals surface area (Å²) < 4.78 is 28.9. The minimum absolute atomic E-state index is 0.0335. The Kier molecular flexibility index (Phi) is 10.3. The van der Waals surface area contributed by atoms with Gasteiger partial charge in [0.1, 0.15) is 12.6 Å². The predicted molar refractivity (Wildman–Crippen MR) is 167 cm³/mol. The molecule has 4 aromatic carbocycles. The lowest BCUT2D eigenvalue weighted by Crippen LogP contribution is -2.53. The summed E-state index contributed by atoms with van der Waals surface area (Å²) in [5.74, 6) is -1.02. The van der Waals surface area contributed by atoms with Gasteiger partial charge in [-0.15, -0.1) is 0 Å². The van der Waals surface area contributed by atoms with E-state index in [4.69, 9.17) is 23.2 Å². The Morgan fingerprint density at radius 1 is 0.810 bits per heavy atom. The fourth-order valence-electron chi connectivity index (χ4n) is 4.53. The molecule has 0 saturated heterocycles. The molecule has 1 N–H and O–H groups in total. The smallest absolute Gasteiger partial charge is 0.264 e. The second-order valence-electron chi connectivity index (χ2n) is 9.70. The third kappa shape index (κ3) is 7.31. The van der Waals surface area contributed by atoms with Crippen molar-refractivity contribution in [2.75, 3.05) is 17.9 Å². The summed E-state index contributed by atoms with van der Waals surface area (Å²) in [6.45, 7) is 1.21. The van der Waals surface area contributed by atoms with E-state index in [-0.39, 0.29) is 17.9 Å². The number of hydrogen-bond donors (Lipinski definition) is 1. The van der Waals surface area contributed by atoms with Crippen LogP contribution in [0.3, 0.4) is 0 Å². The van der Waals surface area contributed by atoms with E-state index in [1.165, 1.54) is 24.1 Å². The summed E-state index contributed by atoms with van der Waals surface area (Å²) in [6.07, 6.45) is 0.185. The van der Waals surface area contributed by atoms with Crippen LogP contribution in [0, 0.1) is 6.92 Å². The Morgan fingerprint density at radius 2 is 1.38 bits per heavy atom. The van der Waals surface area contributed by atoms with Crippen molar-refractivity contribution in [1.29, 1.82) is 0 Å². The van der Waals surface area contributed by atoms with Crippen molar-refractivity contribution in [3.05, 3.63) is 130 Å². The highest BCUT2D eigenvalue weighted by atomic mass is 35.5. The number of aryl methyl sites for hydroxylation is 1. The summed E-state index contributed by atoms with van der Waals surface area (Å²) in [7, 11) is -2.67. The molecule has 1 atom stereocenters. The lowest BCUT2D eigenvalue weighted by molar-refractivity contribution is -0.139. The zero-order valence-corrected chi connectivity index (χ0v) is 25.5. The standard InChI is InChI=1S/C32H31Cl2N3O4S/c1-23-16-18-25(19-17-23)37(42(40,41)26-12-7-4-8-13-26)22-31(38)36(21-27-28(33)14-9-15-29(27)34)30(32(39)35-2)20-24-10-5-3-6-11-24/h3-19,30H,20-22H2,1-2H3,(H,35,39)/t30-/m1/s1. The lowest BCUT2D eigenvalue weighted by Gasteiger charge is -2.34. The van der Waals surface area contributed by atoms with Crippen LogP contribution in [0.1, 0.15) is 16.7 Å². The van der Waals surface area contributed by atoms with E-state index >= 15 is 0 Å². The summed E-state index contributed by atoms with van der Waals surface area (Å²) in [5, 5.41) is 3.30. The summed E-state index contributed by atoms with van der Waals surface area (Å²) in [6, 6.07) is 28.0. The zero-order valence-electron chi connectivity index (χ0n) is 23.2. The van der Waals surface area contributed by atoms with Gasteiger partial charge < -0.3 is 10.2 Å². The second-order valence-corrected chi connectivity index (χ2v) is 12.4. The number of nitrogens with zero attached hydrogens (tertiary/aromatic N) is 2. The van der Waals surface area contributed by atoms with Crippen molar-refractivity contribution >= 4 is 50.7 Å². The first-order valence-corrected chi connectivity index (χ1v) is 15.4. The van der Waals surface area contributed by atoms with Crippen molar-refractivity contribution in [2.24, 2.45) is 0 Å². The minimum Gasteiger partial charge on any atom is -0.357 e. The maximum absolute atomic E-state index is 14.3. The highest BCUT2D eigenvalue weighted by Gasteiger charge is 2.34. The van der Waals surface area contributed by atoms with Crippen LogP contribution in [0.15, 0.2) is 108 Å². The maximum atomic E-state index is 14.3. The van der Waals surface area contributed by atoms with Crippen LogP contribution in [0.25, 0.3) is 0 Å². The van der Waals surface area contributed by atoms with Crippen molar-refractivity contribution in [3.63, 3.8) is 0 Å². The average molecular weight is 625 g/mol. The molecule has 10 heteroatoms. The second kappa shape index (κ2) is 13.9. The van der Waals surface area contributed by atoms with Gasteiger partial charge in [0.25, 0.3) is 10.0 Å². The fourth-order valence-corrected chi connectivity index (χ4v) is 6.49. The van der Waals surface area contributed by atoms with E-state index in [2.05, 4.69) is 5.32 Å². The summed E-state index contributed by atoms with van der Waals surface area (Å²) in [5.41, 5.74) is 2.51. The zero-order chi connectivity index (χ0) is 30.3. The molecule has 0 radical (unpaired) electrons. The van der Waals surface area contributed by atoms with E-state index in [9.17, 15) is 18.0 Å². The summed E-state index contributed by atoms with van der Waals surface area (Å²) in [4.78, 5) is 29.0. The molecular weight excluding hydrogens is 593 g/mol. The highest BCUT2D eigenvalue weighted by molar-refractivity contribution is 7.92. The number of likely N-dealkylation sites (N-methyl/N-ethyl adjacent to an activating group) is 1.